The number of carbonyl (C=O) groups is 2. The standard InChI is InChI=1S/C39H49FN7O2P/c1-41-22-36(44-21-31-9-6-18-47(31)38(49)23-43-25-48)28-13-17-33-32-16-12-27(19-34(32)39(40,50)35(33)20-28)26-10-14-29(15-11-26)45-37(42-2)24-46(3)30-7-4-5-8-30/h10-11,13-17,19-20,22,25,27,30-31,44H,1,4-9,12,18,21,23-24,50H2,2-3H3,(H,42,45)(H,43,48)/b36-22-. The van der Waals surface area contributed by atoms with E-state index in [0.29, 0.717) is 42.4 Å². The Balaban J connectivity index is 1.14. The van der Waals surface area contributed by atoms with Crippen LogP contribution in [0.15, 0.2) is 76.4 Å². The molecule has 3 aliphatic carbocycles. The van der Waals surface area contributed by atoms with Crippen LogP contribution in [-0.2, 0) is 15.0 Å². The number of nitrogens with zero attached hydrogens (tertiary/aromatic N) is 4. The summed E-state index contributed by atoms with van der Waals surface area (Å²) in [6.07, 6.45) is 14.1. The lowest BCUT2D eigenvalue weighted by molar-refractivity contribution is -0.131. The fourth-order valence-corrected chi connectivity index (χ4v) is 8.41. The van der Waals surface area contributed by atoms with Gasteiger partial charge in [0, 0.05) is 61.2 Å². The summed E-state index contributed by atoms with van der Waals surface area (Å²) in [5.74, 6) is 0.898. The topological polar surface area (TPSA) is 101 Å². The maximum atomic E-state index is 16.9. The van der Waals surface area contributed by atoms with Crippen LogP contribution in [0.5, 0.6) is 0 Å². The number of nitrogens with one attached hydrogen (secondary N) is 3. The lowest BCUT2D eigenvalue weighted by Gasteiger charge is -2.26. The quantitative estimate of drug-likeness (QED) is 0.106. The highest BCUT2D eigenvalue weighted by Crippen LogP contribution is 2.57. The summed E-state index contributed by atoms with van der Waals surface area (Å²) in [5, 5.41) is 7.66. The summed E-state index contributed by atoms with van der Waals surface area (Å²) in [6.45, 7) is 5.58. The van der Waals surface area contributed by atoms with E-state index in [-0.39, 0.29) is 24.4 Å². The highest BCUT2D eigenvalue weighted by Gasteiger charge is 2.44. The number of anilines is 1. The van der Waals surface area contributed by atoms with Crippen LogP contribution in [0.3, 0.4) is 0 Å². The number of fused-ring (bicyclic) bond motifs is 3. The molecule has 1 saturated carbocycles. The molecule has 264 valence electrons. The number of alkyl halides is 1. The summed E-state index contributed by atoms with van der Waals surface area (Å²) in [5.41, 5.74) is 6.75. The number of rotatable bonds is 13. The Kier molecular flexibility index (Phi) is 11.3. The lowest BCUT2D eigenvalue weighted by Crippen LogP contribution is -2.44. The zero-order valence-electron chi connectivity index (χ0n) is 29.1. The molecule has 1 heterocycles. The van der Waals surface area contributed by atoms with Crippen LogP contribution >= 0.6 is 9.24 Å². The highest BCUT2D eigenvalue weighted by atomic mass is 31.0. The van der Waals surface area contributed by atoms with Gasteiger partial charge < -0.3 is 20.9 Å². The van der Waals surface area contributed by atoms with Crippen molar-refractivity contribution in [3.05, 3.63) is 88.6 Å². The van der Waals surface area contributed by atoms with Gasteiger partial charge in [-0.3, -0.25) is 24.5 Å². The van der Waals surface area contributed by atoms with E-state index in [1.165, 1.54) is 25.7 Å². The van der Waals surface area contributed by atoms with Crippen LogP contribution in [0.4, 0.5) is 10.1 Å². The third-order valence-corrected chi connectivity index (χ3v) is 11.3. The second kappa shape index (κ2) is 15.8. The van der Waals surface area contributed by atoms with Gasteiger partial charge in [-0.25, -0.2) is 4.39 Å². The molecule has 2 amide bonds. The van der Waals surface area contributed by atoms with Gasteiger partial charge in [-0.05, 0) is 86.3 Å². The van der Waals surface area contributed by atoms with Crippen LogP contribution in [0.25, 0.3) is 11.3 Å². The first kappa shape index (κ1) is 35.7. The van der Waals surface area contributed by atoms with Gasteiger partial charge in [0.2, 0.25) is 12.3 Å². The van der Waals surface area contributed by atoms with Crippen molar-refractivity contribution in [3.63, 3.8) is 0 Å². The van der Waals surface area contributed by atoms with Gasteiger partial charge in [0.05, 0.1) is 18.8 Å². The van der Waals surface area contributed by atoms with Gasteiger partial charge in [0.25, 0.3) is 0 Å². The summed E-state index contributed by atoms with van der Waals surface area (Å²) < 4.78 is 16.9. The Morgan fingerprint density at radius 2 is 1.94 bits per heavy atom. The second-order valence-corrected chi connectivity index (χ2v) is 14.6. The van der Waals surface area contributed by atoms with Crippen molar-refractivity contribution in [1.29, 1.82) is 0 Å². The summed E-state index contributed by atoms with van der Waals surface area (Å²) in [6, 6.07) is 14.9. The zero-order chi connectivity index (χ0) is 35.3. The number of allylic oxidation sites excluding steroid dienone is 4. The van der Waals surface area contributed by atoms with Crippen LogP contribution in [0, 0.1) is 0 Å². The number of likely N-dealkylation sites (N-methyl/N-ethyl adjacent to an activating group) is 1. The fraction of sp³-hybridized carbons (Fsp3) is 0.436. The van der Waals surface area contributed by atoms with E-state index >= 15 is 4.39 Å². The van der Waals surface area contributed by atoms with Crippen molar-refractivity contribution in [3.8, 4) is 0 Å². The molecule has 2 aromatic carbocycles. The molecule has 9 nitrogen and oxygen atoms in total. The molecular weight excluding hydrogens is 648 g/mol. The fourth-order valence-electron chi connectivity index (χ4n) is 7.92. The minimum atomic E-state index is -1.75. The number of aliphatic imine (C=N–C) groups is 2. The van der Waals surface area contributed by atoms with E-state index in [1.54, 1.807) is 11.1 Å². The van der Waals surface area contributed by atoms with Crippen LogP contribution < -0.4 is 16.0 Å². The molecule has 4 unspecified atom stereocenters. The average Bonchev–Trinajstić information content (AvgIpc) is 3.89. The number of likely N-dealkylation sites (tertiary alicyclic amines) is 1. The Hall–Kier alpha value is -4.14. The van der Waals surface area contributed by atoms with E-state index in [9.17, 15) is 9.59 Å². The maximum Gasteiger partial charge on any atom is 0.242 e. The van der Waals surface area contributed by atoms with E-state index in [2.05, 4.69) is 90.3 Å². The molecule has 0 bridgehead atoms. The maximum absolute atomic E-state index is 16.9. The van der Waals surface area contributed by atoms with Crippen molar-refractivity contribution >= 4 is 51.1 Å². The molecule has 3 N–H and O–H groups in total. The smallest absolute Gasteiger partial charge is 0.242 e. The minimum absolute atomic E-state index is 0.0169. The Morgan fingerprint density at radius 1 is 1.16 bits per heavy atom. The number of amidine groups is 1. The van der Waals surface area contributed by atoms with Crippen LogP contribution in [0.2, 0.25) is 0 Å². The Bertz CT molecular complexity index is 1710. The second-order valence-electron chi connectivity index (χ2n) is 13.8. The van der Waals surface area contributed by atoms with Gasteiger partial charge >= 0.3 is 0 Å². The van der Waals surface area contributed by atoms with Gasteiger partial charge in [-0.1, -0.05) is 58.5 Å². The third kappa shape index (κ3) is 7.62. The Morgan fingerprint density at radius 3 is 2.66 bits per heavy atom. The molecule has 0 spiro atoms. The zero-order valence-corrected chi connectivity index (χ0v) is 30.3. The summed E-state index contributed by atoms with van der Waals surface area (Å²) in [4.78, 5) is 36.0. The molecule has 1 saturated heterocycles. The molecule has 2 aromatic rings. The van der Waals surface area contributed by atoms with E-state index < -0.39 is 5.41 Å². The van der Waals surface area contributed by atoms with Crippen molar-refractivity contribution in [2.45, 2.75) is 68.4 Å². The molecule has 11 heteroatoms. The van der Waals surface area contributed by atoms with Gasteiger partial charge in [0.15, 0.2) is 5.41 Å². The highest BCUT2D eigenvalue weighted by molar-refractivity contribution is 7.18. The molecule has 50 heavy (non-hydrogen) atoms. The first-order valence-electron chi connectivity index (χ1n) is 17.7. The van der Waals surface area contributed by atoms with Crippen molar-refractivity contribution in [1.82, 2.24) is 20.4 Å². The summed E-state index contributed by atoms with van der Waals surface area (Å²) in [7, 11) is 6.48. The number of amides is 2. The van der Waals surface area contributed by atoms with Crippen molar-refractivity contribution < 1.29 is 14.0 Å². The molecule has 2 fully saturated rings. The molecule has 1 aliphatic heterocycles. The lowest BCUT2D eigenvalue weighted by atomic mass is 9.85. The van der Waals surface area contributed by atoms with Crippen molar-refractivity contribution in [2.75, 3.05) is 45.6 Å². The predicted molar refractivity (Wildman–Crippen MR) is 205 cm³/mol. The first-order chi connectivity index (χ1) is 24.2. The van der Waals surface area contributed by atoms with E-state index in [0.717, 1.165) is 59.6 Å². The number of carbonyl (C=O) groups excluding carboxylic acids is 2. The number of halogens is 1. The molecule has 4 atom stereocenters. The predicted octanol–water partition coefficient (Wildman–Crippen LogP) is 5.84. The van der Waals surface area contributed by atoms with Gasteiger partial charge in [-0.2, -0.15) is 0 Å². The van der Waals surface area contributed by atoms with Crippen LogP contribution in [-0.4, -0.2) is 87.0 Å². The average molecular weight is 698 g/mol. The number of benzene rings is 2. The molecule has 0 radical (unpaired) electrons. The molecule has 4 aliphatic rings. The largest absolute Gasteiger partial charge is 0.381 e. The third-order valence-electron chi connectivity index (χ3n) is 10.7. The SMILES string of the molecule is C=N/C=C(\NCC1CCCN1C(=O)CNC=O)c1ccc2c(c1)C(F)(P)C1=CC(c3ccc(NC(CN(C)C4CCCC4)=NC)cc3)CC=C12. The van der Waals surface area contributed by atoms with E-state index in [4.69, 9.17) is 0 Å². The number of hydrogen-bond donors (Lipinski definition) is 3. The van der Waals surface area contributed by atoms with Crippen LogP contribution in [0.1, 0.15) is 73.1 Å². The first-order valence-corrected chi connectivity index (χ1v) is 18.3. The number of hydrogen-bond acceptors (Lipinski definition) is 6. The summed E-state index contributed by atoms with van der Waals surface area (Å²) >= 11 is 0. The monoisotopic (exact) mass is 697 g/mol. The normalized spacial score (nSPS) is 23.7. The minimum Gasteiger partial charge on any atom is -0.381 e. The van der Waals surface area contributed by atoms with E-state index in [1.807, 2.05) is 25.2 Å². The molecular formula is C39H49FN7O2P. The Labute approximate surface area is 297 Å². The van der Waals surface area contributed by atoms with Gasteiger partial charge in [0.1, 0.15) is 5.84 Å². The van der Waals surface area contributed by atoms with Gasteiger partial charge in [-0.15, -0.1) is 0 Å². The molecule has 0 aromatic heterocycles. The molecule has 6 rings (SSSR count). The van der Waals surface area contributed by atoms with Crippen molar-refractivity contribution in [2.24, 2.45) is 9.98 Å².